The molecule has 33 heavy (non-hydrogen) atoms. The Labute approximate surface area is 194 Å². The van der Waals surface area contributed by atoms with E-state index in [1.54, 1.807) is 0 Å². The molecule has 0 bridgehead atoms. The van der Waals surface area contributed by atoms with E-state index in [1.165, 1.54) is 0 Å². The van der Waals surface area contributed by atoms with Crippen molar-refractivity contribution in [1.82, 2.24) is 14.5 Å². The maximum atomic E-state index is 13.5. The second kappa shape index (κ2) is 6.58. The van der Waals surface area contributed by atoms with Crippen LogP contribution < -0.4 is 5.46 Å². The van der Waals surface area contributed by atoms with E-state index >= 15 is 0 Å². The Morgan fingerprint density at radius 2 is 1.64 bits per heavy atom. The van der Waals surface area contributed by atoms with Gasteiger partial charge in [-0.05, 0) is 52.1 Å². The summed E-state index contributed by atoms with van der Waals surface area (Å²) in [5.41, 5.74) is 3.73. The first-order chi connectivity index (χ1) is 15.6. The fourth-order valence-corrected chi connectivity index (χ4v) is 4.98. The summed E-state index contributed by atoms with van der Waals surface area (Å²) in [6, 6.07) is 16.3. The van der Waals surface area contributed by atoms with Crippen molar-refractivity contribution in [2.24, 2.45) is 0 Å². The maximum Gasteiger partial charge on any atom is 0.494 e. The van der Waals surface area contributed by atoms with Gasteiger partial charge in [-0.15, -0.1) is 0 Å². The minimum absolute atomic E-state index is 0.0527. The summed E-state index contributed by atoms with van der Waals surface area (Å²) >= 11 is 0. The van der Waals surface area contributed by atoms with Crippen molar-refractivity contribution in [2.45, 2.75) is 57.3 Å². The molecule has 1 aliphatic carbocycles. The summed E-state index contributed by atoms with van der Waals surface area (Å²) in [5, 5.41) is 0. The first-order valence-corrected chi connectivity index (χ1v) is 11.6. The van der Waals surface area contributed by atoms with Crippen molar-refractivity contribution in [3.8, 4) is 16.9 Å². The molecule has 1 amide bonds. The van der Waals surface area contributed by atoms with E-state index in [4.69, 9.17) is 14.3 Å². The number of imidazole rings is 1. The molecule has 0 unspecified atom stereocenters. The van der Waals surface area contributed by atoms with E-state index in [-0.39, 0.29) is 11.4 Å². The van der Waals surface area contributed by atoms with Crippen molar-refractivity contribution >= 4 is 18.5 Å². The first-order valence-electron chi connectivity index (χ1n) is 11.6. The number of carbonyl (C=O) groups excluding carboxylic acids is 1. The van der Waals surface area contributed by atoms with E-state index in [9.17, 15) is 4.79 Å². The van der Waals surface area contributed by atoms with Crippen LogP contribution in [0, 0.1) is 0 Å². The molecule has 1 saturated carbocycles. The summed E-state index contributed by atoms with van der Waals surface area (Å²) in [7, 11) is 1.43. The Bertz CT molecular complexity index is 1260. The molecular weight excluding hydrogens is 413 g/mol. The molecule has 3 aromatic rings. The van der Waals surface area contributed by atoms with Gasteiger partial charge in [0.15, 0.2) is 0 Å². The Morgan fingerprint density at radius 1 is 0.970 bits per heavy atom. The zero-order valence-corrected chi connectivity index (χ0v) is 19.8. The molecule has 3 aliphatic rings. The lowest BCUT2D eigenvalue weighted by Crippen LogP contribution is -2.41. The third-order valence-electron chi connectivity index (χ3n) is 7.95. The molecule has 2 fully saturated rings. The molecule has 7 heteroatoms. The van der Waals surface area contributed by atoms with Gasteiger partial charge < -0.3 is 14.2 Å². The number of fused-ring (bicyclic) bond motifs is 4. The summed E-state index contributed by atoms with van der Waals surface area (Å²) in [4.78, 5) is 20.2. The normalized spacial score (nSPS) is 21.7. The summed E-state index contributed by atoms with van der Waals surface area (Å²) in [6.07, 6.45) is 3.88. The van der Waals surface area contributed by atoms with E-state index < -0.39 is 18.3 Å². The Morgan fingerprint density at radius 3 is 2.27 bits per heavy atom. The van der Waals surface area contributed by atoms with Gasteiger partial charge in [-0.1, -0.05) is 42.5 Å². The lowest BCUT2D eigenvalue weighted by molar-refractivity contribution is 0.00578. The molecule has 2 aromatic carbocycles. The quantitative estimate of drug-likeness (QED) is 0.566. The zero-order valence-electron chi connectivity index (χ0n) is 19.8. The van der Waals surface area contributed by atoms with Gasteiger partial charge in [0, 0.05) is 24.4 Å². The predicted molar refractivity (Wildman–Crippen MR) is 128 cm³/mol. The molecule has 1 saturated heterocycles. The lowest BCUT2D eigenvalue weighted by Gasteiger charge is -2.32. The summed E-state index contributed by atoms with van der Waals surface area (Å²) in [5.74, 6) is 0.385. The van der Waals surface area contributed by atoms with Gasteiger partial charge in [0.05, 0.1) is 28.1 Å². The highest BCUT2D eigenvalue weighted by Crippen LogP contribution is 2.54. The molecule has 0 radical (unpaired) electrons. The monoisotopic (exact) mass is 441 g/mol. The molecule has 0 atom stereocenters. The highest BCUT2D eigenvalue weighted by molar-refractivity contribution is 6.62. The molecular formula is C26H28BN3O3. The predicted octanol–water partition coefficient (Wildman–Crippen LogP) is 3.91. The van der Waals surface area contributed by atoms with Gasteiger partial charge >= 0.3 is 7.12 Å². The molecule has 0 N–H and O–H groups in total. The fourth-order valence-electron chi connectivity index (χ4n) is 4.98. The van der Waals surface area contributed by atoms with Gasteiger partial charge in [-0.2, -0.15) is 0 Å². The van der Waals surface area contributed by atoms with Gasteiger partial charge in [-0.25, -0.2) is 4.98 Å². The van der Waals surface area contributed by atoms with Crippen LogP contribution >= 0.6 is 0 Å². The molecule has 3 heterocycles. The third-order valence-corrected chi connectivity index (χ3v) is 7.95. The summed E-state index contributed by atoms with van der Waals surface area (Å²) < 4.78 is 14.6. The number of nitrogens with zero attached hydrogens (tertiary/aromatic N) is 3. The minimum atomic E-state index is -0.465. The highest BCUT2D eigenvalue weighted by atomic mass is 16.7. The SMILES string of the molecule is CN1C(=O)c2nc(-c3ccccc3)cn2-c2cc(B3OC(C)(C)C(C)(C)O3)ccc2C12CC2. The smallest absolute Gasteiger partial charge is 0.399 e. The van der Waals surface area contributed by atoms with Crippen molar-refractivity contribution in [3.63, 3.8) is 0 Å². The number of benzene rings is 2. The largest absolute Gasteiger partial charge is 0.494 e. The van der Waals surface area contributed by atoms with Crippen LogP contribution in [0.1, 0.15) is 56.7 Å². The van der Waals surface area contributed by atoms with E-state index in [0.717, 1.165) is 40.8 Å². The Kier molecular flexibility index (Phi) is 4.13. The lowest BCUT2D eigenvalue weighted by atomic mass is 9.77. The van der Waals surface area contributed by atoms with Gasteiger partial charge in [-0.3, -0.25) is 9.36 Å². The maximum absolute atomic E-state index is 13.5. The topological polar surface area (TPSA) is 56.6 Å². The van der Waals surface area contributed by atoms with Crippen LogP contribution in [-0.2, 0) is 14.8 Å². The fraction of sp³-hybridized carbons (Fsp3) is 0.385. The van der Waals surface area contributed by atoms with Gasteiger partial charge in [0.25, 0.3) is 5.91 Å². The first kappa shape index (κ1) is 20.7. The van der Waals surface area contributed by atoms with Crippen LogP contribution in [0.15, 0.2) is 54.7 Å². The Balaban J connectivity index is 1.52. The van der Waals surface area contributed by atoms with Crippen LogP contribution in [0.4, 0.5) is 0 Å². The minimum Gasteiger partial charge on any atom is -0.399 e. The number of rotatable bonds is 2. The van der Waals surface area contributed by atoms with Crippen molar-refractivity contribution in [2.75, 3.05) is 7.05 Å². The second-order valence-electron chi connectivity index (χ2n) is 10.4. The second-order valence-corrected chi connectivity index (χ2v) is 10.4. The highest BCUT2D eigenvalue weighted by Gasteiger charge is 2.55. The van der Waals surface area contributed by atoms with E-state index in [2.05, 4.69) is 45.9 Å². The van der Waals surface area contributed by atoms with Gasteiger partial charge in [0.1, 0.15) is 0 Å². The van der Waals surface area contributed by atoms with Crippen LogP contribution in [0.3, 0.4) is 0 Å². The zero-order chi connectivity index (χ0) is 23.2. The average Bonchev–Trinajstić information content (AvgIpc) is 3.43. The molecule has 1 aromatic heterocycles. The summed E-state index contributed by atoms with van der Waals surface area (Å²) in [6.45, 7) is 8.24. The van der Waals surface area contributed by atoms with E-state index in [1.807, 2.05) is 53.0 Å². The molecule has 6 rings (SSSR count). The molecule has 2 aliphatic heterocycles. The molecule has 1 spiro atoms. The Hall–Kier alpha value is -2.90. The van der Waals surface area contributed by atoms with E-state index in [0.29, 0.717) is 5.82 Å². The van der Waals surface area contributed by atoms with Crippen LogP contribution in [-0.4, -0.2) is 45.7 Å². The number of amides is 1. The molecule has 168 valence electrons. The number of hydrogen-bond donors (Lipinski definition) is 0. The molecule has 6 nitrogen and oxygen atoms in total. The van der Waals surface area contributed by atoms with Crippen molar-refractivity contribution in [3.05, 3.63) is 66.1 Å². The number of carbonyl (C=O) groups is 1. The third kappa shape index (κ3) is 2.88. The average molecular weight is 441 g/mol. The number of aromatic nitrogens is 2. The van der Waals surface area contributed by atoms with Gasteiger partial charge in [0.2, 0.25) is 5.82 Å². The van der Waals surface area contributed by atoms with Crippen molar-refractivity contribution in [1.29, 1.82) is 0 Å². The van der Waals surface area contributed by atoms with Crippen LogP contribution in [0.25, 0.3) is 16.9 Å². The van der Waals surface area contributed by atoms with Crippen LogP contribution in [0.2, 0.25) is 0 Å². The van der Waals surface area contributed by atoms with Crippen molar-refractivity contribution < 1.29 is 14.1 Å². The standard InChI is InChI=1S/C26H28BN3O3/c1-24(2)25(3,4)33-27(32-24)18-11-12-19-21(15-18)30-16-20(17-9-7-6-8-10-17)28-22(30)23(31)29(5)26(19)13-14-26/h6-12,15-16H,13-14H2,1-5H3. The number of hydrogen-bond acceptors (Lipinski definition) is 4. The van der Waals surface area contributed by atoms with Crippen LogP contribution in [0.5, 0.6) is 0 Å².